The molecule has 2 aromatic rings. The van der Waals surface area contributed by atoms with Crippen LogP contribution in [0.4, 0.5) is 13.2 Å². The number of hydrogen-bond acceptors (Lipinski definition) is 2. The number of benzene rings is 2. The number of carbonyl (C=O) groups is 1. The van der Waals surface area contributed by atoms with Crippen LogP contribution in [0.15, 0.2) is 59.1 Å². The standard InChI is InChI=1S/C18H17BrF3NO2/c19-14-9-4-5-10-15(14)25-12-6-11-16(24)23-17(18(20,21)22)13-7-2-1-3-8-13/h1-5,7-10,17H,6,11-12H2,(H,23,24). The number of hydrogen-bond donors (Lipinski definition) is 1. The molecule has 3 nitrogen and oxygen atoms in total. The van der Waals surface area contributed by atoms with E-state index < -0.39 is 18.1 Å². The van der Waals surface area contributed by atoms with E-state index in [-0.39, 0.29) is 18.6 Å². The lowest BCUT2D eigenvalue weighted by Gasteiger charge is -2.22. The predicted octanol–water partition coefficient (Wildman–Crippen LogP) is 5.03. The second kappa shape index (κ2) is 8.89. The second-order valence-electron chi connectivity index (χ2n) is 5.34. The summed E-state index contributed by atoms with van der Waals surface area (Å²) in [5.74, 6) is -0.0396. The molecule has 1 amide bonds. The van der Waals surface area contributed by atoms with Crippen molar-refractivity contribution in [1.82, 2.24) is 5.32 Å². The van der Waals surface area contributed by atoms with Crippen molar-refractivity contribution in [2.24, 2.45) is 0 Å². The molecule has 1 N–H and O–H groups in total. The zero-order valence-corrected chi connectivity index (χ0v) is 14.8. The van der Waals surface area contributed by atoms with Gasteiger partial charge in [0.15, 0.2) is 6.04 Å². The molecule has 2 rings (SSSR count). The molecule has 0 radical (unpaired) electrons. The van der Waals surface area contributed by atoms with Crippen molar-refractivity contribution in [2.45, 2.75) is 25.1 Å². The van der Waals surface area contributed by atoms with Gasteiger partial charge in [-0.05, 0) is 40.0 Å². The molecule has 0 aliphatic heterocycles. The average Bonchev–Trinajstić information content (AvgIpc) is 2.58. The van der Waals surface area contributed by atoms with E-state index in [4.69, 9.17) is 4.74 Å². The van der Waals surface area contributed by atoms with E-state index in [1.54, 1.807) is 18.2 Å². The Morgan fingerprint density at radius 3 is 2.36 bits per heavy atom. The maximum Gasteiger partial charge on any atom is 0.412 e. The van der Waals surface area contributed by atoms with Crippen molar-refractivity contribution in [1.29, 1.82) is 0 Å². The third kappa shape index (κ3) is 6.08. The Labute approximate surface area is 152 Å². The van der Waals surface area contributed by atoms with E-state index in [0.29, 0.717) is 12.2 Å². The molecule has 1 atom stereocenters. The molecule has 0 saturated carbocycles. The summed E-state index contributed by atoms with van der Waals surface area (Å²) >= 11 is 3.33. The van der Waals surface area contributed by atoms with E-state index in [1.165, 1.54) is 24.3 Å². The molecule has 0 fully saturated rings. The summed E-state index contributed by atoms with van der Waals surface area (Å²) in [5.41, 5.74) is 0.00724. The molecule has 0 bridgehead atoms. The van der Waals surface area contributed by atoms with E-state index in [1.807, 2.05) is 12.1 Å². The molecule has 134 valence electrons. The lowest BCUT2D eigenvalue weighted by atomic mass is 10.1. The van der Waals surface area contributed by atoms with Gasteiger partial charge in [-0.15, -0.1) is 0 Å². The van der Waals surface area contributed by atoms with Gasteiger partial charge in [0.1, 0.15) is 5.75 Å². The van der Waals surface area contributed by atoms with Crippen molar-refractivity contribution in [3.8, 4) is 5.75 Å². The molecule has 0 aliphatic rings. The summed E-state index contributed by atoms with van der Waals surface area (Å²) in [7, 11) is 0. The Morgan fingerprint density at radius 2 is 1.72 bits per heavy atom. The van der Waals surface area contributed by atoms with Gasteiger partial charge in [-0.25, -0.2) is 0 Å². The highest BCUT2D eigenvalue weighted by Gasteiger charge is 2.41. The van der Waals surface area contributed by atoms with Gasteiger partial charge >= 0.3 is 6.18 Å². The van der Waals surface area contributed by atoms with Gasteiger partial charge in [-0.3, -0.25) is 4.79 Å². The van der Waals surface area contributed by atoms with Crippen LogP contribution < -0.4 is 10.1 Å². The highest BCUT2D eigenvalue weighted by molar-refractivity contribution is 9.10. The molecule has 0 aromatic heterocycles. The van der Waals surface area contributed by atoms with Gasteiger partial charge in [0, 0.05) is 6.42 Å². The number of carbonyl (C=O) groups excluding carboxylic acids is 1. The molecular formula is C18H17BrF3NO2. The number of para-hydroxylation sites is 1. The van der Waals surface area contributed by atoms with Crippen LogP contribution in [0.1, 0.15) is 24.4 Å². The van der Waals surface area contributed by atoms with Crippen LogP contribution in [0.5, 0.6) is 5.75 Å². The summed E-state index contributed by atoms with van der Waals surface area (Å²) in [6, 6.07) is 12.5. The first kappa shape index (κ1) is 19.3. The van der Waals surface area contributed by atoms with E-state index >= 15 is 0 Å². The first-order chi connectivity index (χ1) is 11.9. The quantitative estimate of drug-likeness (QED) is 0.644. The fourth-order valence-corrected chi connectivity index (χ4v) is 2.61. The Bertz CT molecular complexity index is 692. The molecule has 7 heteroatoms. The van der Waals surface area contributed by atoms with E-state index in [9.17, 15) is 18.0 Å². The van der Waals surface area contributed by atoms with Gasteiger partial charge in [-0.1, -0.05) is 42.5 Å². The SMILES string of the molecule is O=C(CCCOc1ccccc1Br)NC(c1ccccc1)C(F)(F)F. The van der Waals surface area contributed by atoms with Gasteiger partial charge < -0.3 is 10.1 Å². The van der Waals surface area contributed by atoms with Crippen molar-refractivity contribution < 1.29 is 22.7 Å². The first-order valence-corrected chi connectivity index (χ1v) is 8.45. The van der Waals surface area contributed by atoms with Gasteiger partial charge in [0.25, 0.3) is 0 Å². The second-order valence-corrected chi connectivity index (χ2v) is 6.19. The van der Waals surface area contributed by atoms with Crippen molar-refractivity contribution in [3.05, 3.63) is 64.6 Å². The van der Waals surface area contributed by atoms with E-state index in [0.717, 1.165) is 4.47 Å². The van der Waals surface area contributed by atoms with Crippen LogP contribution in [-0.2, 0) is 4.79 Å². The number of nitrogens with one attached hydrogen (secondary N) is 1. The molecule has 1 unspecified atom stereocenters. The van der Waals surface area contributed by atoms with Crippen LogP contribution in [0, 0.1) is 0 Å². The monoisotopic (exact) mass is 415 g/mol. The summed E-state index contributed by atoms with van der Waals surface area (Å²) in [5, 5.41) is 2.05. The third-order valence-electron chi connectivity index (χ3n) is 3.41. The van der Waals surface area contributed by atoms with Gasteiger partial charge in [0.05, 0.1) is 11.1 Å². The smallest absolute Gasteiger partial charge is 0.412 e. The average molecular weight is 416 g/mol. The lowest BCUT2D eigenvalue weighted by Crippen LogP contribution is -2.38. The molecular weight excluding hydrogens is 399 g/mol. The maximum atomic E-state index is 13.2. The molecule has 2 aromatic carbocycles. The molecule has 0 saturated heterocycles. The first-order valence-electron chi connectivity index (χ1n) is 7.66. The fraction of sp³-hybridized carbons (Fsp3) is 0.278. The minimum Gasteiger partial charge on any atom is -0.492 e. The number of halogens is 4. The predicted molar refractivity (Wildman–Crippen MR) is 92.3 cm³/mol. The number of rotatable bonds is 7. The summed E-state index contributed by atoms with van der Waals surface area (Å²) in [4.78, 5) is 11.9. The van der Waals surface area contributed by atoms with Crippen LogP contribution >= 0.6 is 15.9 Å². The normalized spacial score (nSPS) is 12.5. The number of amides is 1. The zero-order chi connectivity index (χ0) is 18.3. The highest BCUT2D eigenvalue weighted by atomic mass is 79.9. The summed E-state index contributed by atoms with van der Waals surface area (Å²) in [6.07, 6.45) is -4.29. The summed E-state index contributed by atoms with van der Waals surface area (Å²) in [6.45, 7) is 0.234. The topological polar surface area (TPSA) is 38.3 Å². The van der Waals surface area contributed by atoms with Crippen LogP contribution in [0.25, 0.3) is 0 Å². The van der Waals surface area contributed by atoms with Crippen LogP contribution in [0.2, 0.25) is 0 Å². The van der Waals surface area contributed by atoms with Crippen LogP contribution in [0.3, 0.4) is 0 Å². The lowest BCUT2D eigenvalue weighted by molar-refractivity contribution is -0.163. The van der Waals surface area contributed by atoms with Gasteiger partial charge in [0.2, 0.25) is 5.91 Å². The molecule has 25 heavy (non-hydrogen) atoms. The number of ether oxygens (including phenoxy) is 1. The Morgan fingerprint density at radius 1 is 1.08 bits per heavy atom. The molecule has 0 spiro atoms. The fourth-order valence-electron chi connectivity index (χ4n) is 2.21. The Balaban J connectivity index is 1.84. The Kier molecular flexibility index (Phi) is 6.87. The zero-order valence-electron chi connectivity index (χ0n) is 13.2. The molecule has 0 aliphatic carbocycles. The Hall–Kier alpha value is -2.02. The van der Waals surface area contributed by atoms with Crippen LogP contribution in [-0.4, -0.2) is 18.7 Å². The molecule has 0 heterocycles. The minimum atomic E-state index is -4.55. The summed E-state index contributed by atoms with van der Waals surface area (Å²) < 4.78 is 45.8. The van der Waals surface area contributed by atoms with Gasteiger partial charge in [-0.2, -0.15) is 13.2 Å². The largest absolute Gasteiger partial charge is 0.492 e. The van der Waals surface area contributed by atoms with Crippen molar-refractivity contribution >= 4 is 21.8 Å². The number of alkyl halides is 3. The van der Waals surface area contributed by atoms with Crippen molar-refractivity contribution in [3.63, 3.8) is 0 Å². The third-order valence-corrected chi connectivity index (χ3v) is 4.06. The van der Waals surface area contributed by atoms with Crippen molar-refractivity contribution in [2.75, 3.05) is 6.61 Å². The highest BCUT2D eigenvalue weighted by Crippen LogP contribution is 2.32. The minimum absolute atomic E-state index is 0.00724. The maximum absolute atomic E-state index is 13.2. The van der Waals surface area contributed by atoms with E-state index in [2.05, 4.69) is 21.2 Å².